The van der Waals surface area contributed by atoms with Gasteiger partial charge in [-0.3, -0.25) is 9.69 Å². The molecule has 0 amide bonds. The van der Waals surface area contributed by atoms with Crippen molar-refractivity contribution in [3.8, 4) is 23.0 Å². The standard InChI is InChI=1S/C23H30N2O5/c1-27-19-7-5-6-18(16-19)25-12-10-24(11-13-25)9-8-20(26)17-14-21(28-2)23(30-4)22(15-17)29-3/h5-7,14-16H,8-13H2,1-4H3. The van der Waals surface area contributed by atoms with Crippen LogP contribution in [0.1, 0.15) is 16.8 Å². The van der Waals surface area contributed by atoms with Gasteiger partial charge >= 0.3 is 0 Å². The van der Waals surface area contributed by atoms with E-state index in [1.165, 1.54) is 5.69 Å². The van der Waals surface area contributed by atoms with Gasteiger partial charge in [0.15, 0.2) is 17.3 Å². The van der Waals surface area contributed by atoms with Crippen molar-refractivity contribution in [2.45, 2.75) is 6.42 Å². The molecule has 1 aliphatic heterocycles. The van der Waals surface area contributed by atoms with Gasteiger partial charge in [0.1, 0.15) is 5.75 Å². The molecule has 0 spiro atoms. The topological polar surface area (TPSA) is 60.5 Å². The zero-order valence-electron chi connectivity index (χ0n) is 18.1. The van der Waals surface area contributed by atoms with Crippen LogP contribution >= 0.6 is 0 Å². The molecule has 0 N–H and O–H groups in total. The van der Waals surface area contributed by atoms with Crippen LogP contribution in [0, 0.1) is 0 Å². The van der Waals surface area contributed by atoms with Gasteiger partial charge in [0.25, 0.3) is 0 Å². The van der Waals surface area contributed by atoms with Crippen LogP contribution in [-0.4, -0.2) is 71.8 Å². The zero-order chi connectivity index (χ0) is 21.5. The lowest BCUT2D eigenvalue weighted by Gasteiger charge is -2.36. The van der Waals surface area contributed by atoms with E-state index >= 15 is 0 Å². The van der Waals surface area contributed by atoms with E-state index < -0.39 is 0 Å². The van der Waals surface area contributed by atoms with E-state index in [-0.39, 0.29) is 5.78 Å². The van der Waals surface area contributed by atoms with Gasteiger partial charge in [-0.15, -0.1) is 0 Å². The maximum atomic E-state index is 12.8. The van der Waals surface area contributed by atoms with Crippen LogP contribution in [-0.2, 0) is 0 Å². The predicted octanol–water partition coefficient (Wildman–Crippen LogP) is 3.12. The molecule has 0 unspecified atom stereocenters. The van der Waals surface area contributed by atoms with Gasteiger partial charge in [0.05, 0.1) is 28.4 Å². The Balaban J connectivity index is 1.56. The van der Waals surface area contributed by atoms with Crippen LogP contribution in [0.4, 0.5) is 5.69 Å². The SMILES string of the molecule is COc1cccc(N2CCN(CCC(=O)c3cc(OC)c(OC)c(OC)c3)CC2)c1. The van der Waals surface area contributed by atoms with E-state index in [9.17, 15) is 4.79 Å². The Morgan fingerprint density at radius 2 is 1.53 bits per heavy atom. The van der Waals surface area contributed by atoms with Crippen LogP contribution < -0.4 is 23.8 Å². The molecule has 30 heavy (non-hydrogen) atoms. The summed E-state index contributed by atoms with van der Waals surface area (Å²) in [7, 11) is 6.33. The summed E-state index contributed by atoms with van der Waals surface area (Å²) in [5.41, 5.74) is 1.74. The van der Waals surface area contributed by atoms with Gasteiger partial charge in [-0.2, -0.15) is 0 Å². The quantitative estimate of drug-likeness (QED) is 0.584. The molecule has 3 rings (SSSR count). The lowest BCUT2D eigenvalue weighted by molar-refractivity contribution is 0.0961. The van der Waals surface area contributed by atoms with Crippen molar-refractivity contribution >= 4 is 11.5 Å². The Morgan fingerprint density at radius 1 is 0.867 bits per heavy atom. The summed E-state index contributed by atoms with van der Waals surface area (Å²) in [6, 6.07) is 11.6. The Hall–Kier alpha value is -2.93. The summed E-state index contributed by atoms with van der Waals surface area (Å²) in [4.78, 5) is 17.4. The smallest absolute Gasteiger partial charge is 0.203 e. The number of nitrogens with zero attached hydrogens (tertiary/aromatic N) is 2. The van der Waals surface area contributed by atoms with Crippen LogP contribution in [0.15, 0.2) is 36.4 Å². The molecule has 1 aliphatic rings. The fourth-order valence-corrected chi connectivity index (χ4v) is 3.68. The Morgan fingerprint density at radius 3 is 2.10 bits per heavy atom. The average molecular weight is 415 g/mol. The molecule has 0 aromatic heterocycles. The number of anilines is 1. The Kier molecular flexibility index (Phi) is 7.41. The van der Waals surface area contributed by atoms with E-state index in [0.29, 0.717) is 29.2 Å². The number of Topliss-reactive ketones (excluding diaryl/α,β-unsaturated/α-hetero) is 1. The molecular formula is C23H30N2O5. The number of carbonyl (C=O) groups excluding carboxylic acids is 1. The summed E-state index contributed by atoms with van der Waals surface area (Å²) in [6.07, 6.45) is 0.442. The maximum absolute atomic E-state index is 12.8. The molecule has 7 heteroatoms. The monoisotopic (exact) mass is 414 g/mol. The highest BCUT2D eigenvalue weighted by Crippen LogP contribution is 2.38. The third kappa shape index (κ3) is 4.97. The highest BCUT2D eigenvalue weighted by molar-refractivity contribution is 5.97. The van der Waals surface area contributed by atoms with Crippen LogP contribution in [0.2, 0.25) is 0 Å². The van der Waals surface area contributed by atoms with Crippen LogP contribution in [0.25, 0.3) is 0 Å². The number of ether oxygens (including phenoxy) is 4. The summed E-state index contributed by atoms with van der Waals surface area (Å²) < 4.78 is 21.4. The van der Waals surface area contributed by atoms with Gasteiger partial charge < -0.3 is 23.8 Å². The number of hydrogen-bond acceptors (Lipinski definition) is 7. The second-order valence-corrected chi connectivity index (χ2v) is 7.12. The van der Waals surface area contributed by atoms with E-state index in [4.69, 9.17) is 18.9 Å². The van der Waals surface area contributed by atoms with Crippen molar-refractivity contribution in [3.05, 3.63) is 42.0 Å². The minimum Gasteiger partial charge on any atom is -0.497 e. The number of ketones is 1. The Bertz CT molecular complexity index is 837. The molecular weight excluding hydrogens is 384 g/mol. The van der Waals surface area contributed by atoms with Gasteiger partial charge in [-0.25, -0.2) is 0 Å². The molecule has 0 atom stereocenters. The predicted molar refractivity (Wildman–Crippen MR) is 117 cm³/mol. The molecule has 162 valence electrons. The minimum absolute atomic E-state index is 0.0597. The van der Waals surface area contributed by atoms with Gasteiger partial charge in [-0.05, 0) is 24.3 Å². The van der Waals surface area contributed by atoms with Crippen LogP contribution in [0.5, 0.6) is 23.0 Å². The van der Waals surface area contributed by atoms with Crippen molar-refractivity contribution in [2.24, 2.45) is 0 Å². The second kappa shape index (κ2) is 10.2. The first-order chi connectivity index (χ1) is 14.6. The molecule has 1 saturated heterocycles. The van der Waals surface area contributed by atoms with Gasteiger partial charge in [-0.1, -0.05) is 6.07 Å². The molecule has 0 bridgehead atoms. The third-order valence-electron chi connectivity index (χ3n) is 5.43. The summed E-state index contributed by atoms with van der Waals surface area (Å²) >= 11 is 0. The molecule has 0 saturated carbocycles. The maximum Gasteiger partial charge on any atom is 0.203 e. The summed E-state index contributed by atoms with van der Waals surface area (Å²) in [5.74, 6) is 2.40. The summed E-state index contributed by atoms with van der Waals surface area (Å²) in [5, 5.41) is 0. The van der Waals surface area contributed by atoms with E-state index in [1.54, 1.807) is 40.6 Å². The summed E-state index contributed by atoms with van der Waals surface area (Å²) in [6.45, 7) is 4.40. The van der Waals surface area contributed by atoms with E-state index in [1.807, 2.05) is 12.1 Å². The van der Waals surface area contributed by atoms with E-state index in [0.717, 1.165) is 38.5 Å². The van der Waals surface area contributed by atoms with E-state index in [2.05, 4.69) is 21.9 Å². The number of carbonyl (C=O) groups is 1. The first kappa shape index (κ1) is 21.8. The molecule has 1 heterocycles. The number of piperazine rings is 1. The molecule has 1 fully saturated rings. The minimum atomic E-state index is 0.0597. The first-order valence-electron chi connectivity index (χ1n) is 10.0. The number of hydrogen-bond donors (Lipinski definition) is 0. The fraction of sp³-hybridized carbons (Fsp3) is 0.435. The largest absolute Gasteiger partial charge is 0.497 e. The first-order valence-corrected chi connectivity index (χ1v) is 10.0. The zero-order valence-corrected chi connectivity index (χ0v) is 18.1. The number of methoxy groups -OCH3 is 4. The normalized spacial score (nSPS) is 14.3. The average Bonchev–Trinajstić information content (AvgIpc) is 2.81. The third-order valence-corrected chi connectivity index (χ3v) is 5.43. The van der Waals surface area contributed by atoms with Crippen molar-refractivity contribution < 1.29 is 23.7 Å². The lowest BCUT2D eigenvalue weighted by Crippen LogP contribution is -2.46. The molecule has 2 aromatic carbocycles. The van der Waals surface area contributed by atoms with Crippen molar-refractivity contribution in [2.75, 3.05) is 66.1 Å². The fourth-order valence-electron chi connectivity index (χ4n) is 3.68. The number of benzene rings is 2. The molecule has 7 nitrogen and oxygen atoms in total. The van der Waals surface area contributed by atoms with Crippen LogP contribution in [0.3, 0.4) is 0 Å². The second-order valence-electron chi connectivity index (χ2n) is 7.12. The number of rotatable bonds is 9. The van der Waals surface area contributed by atoms with Crippen molar-refractivity contribution in [3.63, 3.8) is 0 Å². The van der Waals surface area contributed by atoms with Crippen molar-refractivity contribution in [1.29, 1.82) is 0 Å². The highest BCUT2D eigenvalue weighted by Gasteiger charge is 2.20. The van der Waals surface area contributed by atoms with Gasteiger partial charge in [0, 0.05) is 56.5 Å². The molecule has 0 aliphatic carbocycles. The van der Waals surface area contributed by atoms with Gasteiger partial charge in [0.2, 0.25) is 5.75 Å². The Labute approximate surface area is 178 Å². The van der Waals surface area contributed by atoms with Crippen molar-refractivity contribution in [1.82, 2.24) is 4.90 Å². The highest BCUT2D eigenvalue weighted by atomic mass is 16.5. The molecule has 2 aromatic rings. The lowest BCUT2D eigenvalue weighted by atomic mass is 10.1. The molecule has 0 radical (unpaired) electrons.